The van der Waals surface area contributed by atoms with Crippen molar-refractivity contribution in [2.45, 2.75) is 13.0 Å². The number of benzene rings is 1. The molecule has 1 rings (SSSR count). The summed E-state index contributed by atoms with van der Waals surface area (Å²) in [7, 11) is 1.20. The zero-order chi connectivity index (χ0) is 11.3. The van der Waals surface area contributed by atoms with E-state index in [1.807, 2.05) is 19.1 Å². The Bertz CT molecular complexity index is 395. The zero-order valence-electron chi connectivity index (χ0n) is 8.56. The number of carbonyl (C=O) groups is 1. The summed E-state index contributed by atoms with van der Waals surface area (Å²) in [4.78, 5) is 10.8. The minimum atomic E-state index is -0.919. The largest absolute Gasteiger partial charge is 0.509 e. The van der Waals surface area contributed by atoms with Gasteiger partial charge >= 0.3 is 6.16 Å². The Balaban J connectivity index is 2.84. The highest BCUT2D eigenvalue weighted by molar-refractivity contribution is 5.60. The van der Waals surface area contributed by atoms with Crippen molar-refractivity contribution in [1.29, 1.82) is 5.26 Å². The average Bonchev–Trinajstić information content (AvgIpc) is 2.25. The molecule has 0 heterocycles. The van der Waals surface area contributed by atoms with E-state index < -0.39 is 12.3 Å². The molecule has 1 unspecified atom stereocenters. The van der Waals surface area contributed by atoms with E-state index >= 15 is 0 Å². The van der Waals surface area contributed by atoms with E-state index in [1.165, 1.54) is 7.11 Å². The van der Waals surface area contributed by atoms with Crippen molar-refractivity contribution in [3.05, 3.63) is 35.4 Å². The van der Waals surface area contributed by atoms with Gasteiger partial charge in [-0.2, -0.15) is 5.26 Å². The number of ether oxygens (including phenoxy) is 2. The highest BCUT2D eigenvalue weighted by Gasteiger charge is 2.15. The van der Waals surface area contributed by atoms with Crippen LogP contribution in [0.1, 0.15) is 17.2 Å². The van der Waals surface area contributed by atoms with Gasteiger partial charge in [0.25, 0.3) is 0 Å². The van der Waals surface area contributed by atoms with Gasteiger partial charge in [-0.3, -0.25) is 0 Å². The second-order valence-corrected chi connectivity index (χ2v) is 3.00. The predicted molar refractivity (Wildman–Crippen MR) is 53.0 cm³/mol. The van der Waals surface area contributed by atoms with Crippen LogP contribution in [0.2, 0.25) is 0 Å². The third-order valence-electron chi connectivity index (χ3n) is 1.84. The summed E-state index contributed by atoms with van der Waals surface area (Å²) >= 11 is 0. The molecule has 0 spiro atoms. The van der Waals surface area contributed by atoms with E-state index in [9.17, 15) is 4.79 Å². The summed E-state index contributed by atoms with van der Waals surface area (Å²) in [6, 6.07) is 9.10. The summed E-state index contributed by atoms with van der Waals surface area (Å²) in [5.74, 6) is 0. The molecule has 1 aromatic rings. The van der Waals surface area contributed by atoms with Gasteiger partial charge in [-0.25, -0.2) is 4.79 Å². The number of nitriles is 1. The summed E-state index contributed by atoms with van der Waals surface area (Å²) in [6.07, 6.45) is -1.78. The van der Waals surface area contributed by atoms with Crippen molar-refractivity contribution in [1.82, 2.24) is 0 Å². The molecular formula is C11H11NO3. The van der Waals surface area contributed by atoms with Crippen LogP contribution >= 0.6 is 0 Å². The molecule has 4 heteroatoms. The third kappa shape index (κ3) is 2.99. The number of nitrogens with zero attached hydrogens (tertiary/aromatic N) is 1. The first-order valence-electron chi connectivity index (χ1n) is 4.38. The SMILES string of the molecule is COC(=O)OC(C#N)c1cccc(C)c1. The molecule has 0 aromatic heterocycles. The maximum Gasteiger partial charge on any atom is 0.509 e. The van der Waals surface area contributed by atoms with Crippen molar-refractivity contribution < 1.29 is 14.3 Å². The minimum Gasteiger partial charge on any atom is -0.438 e. The number of carbonyl (C=O) groups excluding carboxylic acids is 1. The van der Waals surface area contributed by atoms with Gasteiger partial charge in [0, 0.05) is 5.56 Å². The average molecular weight is 205 g/mol. The summed E-state index contributed by atoms with van der Waals surface area (Å²) in [5.41, 5.74) is 1.64. The van der Waals surface area contributed by atoms with Crippen LogP contribution in [0.15, 0.2) is 24.3 Å². The first kappa shape index (κ1) is 11.1. The lowest BCUT2D eigenvalue weighted by Crippen LogP contribution is -2.09. The van der Waals surface area contributed by atoms with Gasteiger partial charge in [0.1, 0.15) is 6.07 Å². The van der Waals surface area contributed by atoms with Crippen molar-refractivity contribution in [3.63, 3.8) is 0 Å². The van der Waals surface area contributed by atoms with E-state index in [2.05, 4.69) is 4.74 Å². The molecular weight excluding hydrogens is 194 g/mol. The lowest BCUT2D eigenvalue weighted by molar-refractivity contribution is 0.0543. The molecule has 0 radical (unpaired) electrons. The topological polar surface area (TPSA) is 59.3 Å². The van der Waals surface area contributed by atoms with Gasteiger partial charge in [0.2, 0.25) is 6.10 Å². The maximum absolute atomic E-state index is 10.8. The van der Waals surface area contributed by atoms with Crippen molar-refractivity contribution >= 4 is 6.16 Å². The molecule has 78 valence electrons. The molecule has 0 aliphatic carbocycles. The molecule has 1 aromatic carbocycles. The van der Waals surface area contributed by atoms with E-state index in [0.29, 0.717) is 5.56 Å². The normalized spacial score (nSPS) is 11.3. The molecule has 4 nitrogen and oxygen atoms in total. The second kappa shape index (κ2) is 5.01. The molecule has 0 N–H and O–H groups in total. The van der Waals surface area contributed by atoms with Gasteiger partial charge in [-0.1, -0.05) is 29.8 Å². The van der Waals surface area contributed by atoms with E-state index in [4.69, 9.17) is 10.00 Å². The Morgan fingerprint density at radius 3 is 2.80 bits per heavy atom. The fourth-order valence-electron chi connectivity index (χ4n) is 1.15. The van der Waals surface area contributed by atoms with Crippen LogP contribution in [0, 0.1) is 18.3 Å². The van der Waals surface area contributed by atoms with Crippen LogP contribution in [-0.4, -0.2) is 13.3 Å². The minimum absolute atomic E-state index is 0.642. The first-order valence-corrected chi connectivity index (χ1v) is 4.38. The molecule has 0 aliphatic rings. The summed E-state index contributed by atoms with van der Waals surface area (Å²) in [6.45, 7) is 1.90. The first-order chi connectivity index (χ1) is 7.17. The fourth-order valence-corrected chi connectivity index (χ4v) is 1.15. The number of methoxy groups -OCH3 is 1. The Morgan fingerprint density at radius 2 is 2.27 bits per heavy atom. The van der Waals surface area contributed by atoms with Gasteiger partial charge in [-0.15, -0.1) is 0 Å². The standard InChI is InChI=1S/C11H11NO3/c1-8-4-3-5-9(6-8)10(7-12)15-11(13)14-2/h3-6,10H,1-2H3. The quantitative estimate of drug-likeness (QED) is 0.695. The van der Waals surface area contributed by atoms with Gasteiger partial charge in [-0.05, 0) is 6.92 Å². The Hall–Kier alpha value is -2.02. The van der Waals surface area contributed by atoms with Crippen LogP contribution in [0.3, 0.4) is 0 Å². The van der Waals surface area contributed by atoms with E-state index in [1.54, 1.807) is 18.2 Å². The molecule has 0 fully saturated rings. The maximum atomic E-state index is 10.8. The summed E-state index contributed by atoms with van der Waals surface area (Å²) < 4.78 is 9.09. The Morgan fingerprint density at radius 1 is 1.53 bits per heavy atom. The van der Waals surface area contributed by atoms with Crippen molar-refractivity contribution in [2.24, 2.45) is 0 Å². The van der Waals surface area contributed by atoms with Crippen LogP contribution in [0.25, 0.3) is 0 Å². The zero-order valence-corrected chi connectivity index (χ0v) is 8.56. The van der Waals surface area contributed by atoms with Crippen LogP contribution in [0.5, 0.6) is 0 Å². The highest BCUT2D eigenvalue weighted by atomic mass is 16.7. The third-order valence-corrected chi connectivity index (χ3v) is 1.84. The monoisotopic (exact) mass is 205 g/mol. The molecule has 0 saturated heterocycles. The number of hydrogen-bond donors (Lipinski definition) is 0. The van der Waals surface area contributed by atoms with Crippen LogP contribution in [0.4, 0.5) is 4.79 Å². The van der Waals surface area contributed by atoms with Crippen molar-refractivity contribution in [3.8, 4) is 6.07 Å². The smallest absolute Gasteiger partial charge is 0.438 e. The van der Waals surface area contributed by atoms with Crippen LogP contribution in [-0.2, 0) is 9.47 Å². The van der Waals surface area contributed by atoms with Gasteiger partial charge < -0.3 is 9.47 Å². The van der Waals surface area contributed by atoms with E-state index in [0.717, 1.165) is 5.56 Å². The molecule has 1 atom stereocenters. The molecule has 0 bridgehead atoms. The number of aryl methyl sites for hydroxylation is 1. The number of rotatable bonds is 2. The Labute approximate surface area is 88.0 Å². The molecule has 0 amide bonds. The van der Waals surface area contributed by atoms with Gasteiger partial charge in [0.15, 0.2) is 0 Å². The van der Waals surface area contributed by atoms with Crippen LogP contribution < -0.4 is 0 Å². The molecule has 0 aliphatic heterocycles. The highest BCUT2D eigenvalue weighted by Crippen LogP contribution is 2.18. The second-order valence-electron chi connectivity index (χ2n) is 3.00. The predicted octanol–water partition coefficient (Wildman–Crippen LogP) is 2.34. The Kier molecular flexibility index (Phi) is 3.69. The van der Waals surface area contributed by atoms with Gasteiger partial charge in [0.05, 0.1) is 7.11 Å². The summed E-state index contributed by atoms with van der Waals surface area (Å²) in [5, 5.41) is 8.83. The lowest BCUT2D eigenvalue weighted by atomic mass is 10.1. The fraction of sp³-hybridized carbons (Fsp3) is 0.273. The van der Waals surface area contributed by atoms with Crippen molar-refractivity contribution in [2.75, 3.05) is 7.11 Å². The molecule has 15 heavy (non-hydrogen) atoms. The number of hydrogen-bond acceptors (Lipinski definition) is 4. The lowest BCUT2D eigenvalue weighted by Gasteiger charge is -2.10. The van der Waals surface area contributed by atoms with E-state index in [-0.39, 0.29) is 0 Å². The molecule has 0 saturated carbocycles.